The van der Waals surface area contributed by atoms with Crippen LogP contribution in [0.1, 0.15) is 34.1 Å². The summed E-state index contributed by atoms with van der Waals surface area (Å²) in [4.78, 5) is 39.4. The van der Waals surface area contributed by atoms with Gasteiger partial charge in [-0.15, -0.1) is 0 Å². The van der Waals surface area contributed by atoms with Gasteiger partial charge in [0.25, 0.3) is 5.56 Å². The van der Waals surface area contributed by atoms with E-state index in [1.807, 2.05) is 36.4 Å². The first kappa shape index (κ1) is 23.2. The summed E-state index contributed by atoms with van der Waals surface area (Å²) in [6.07, 6.45) is 0.158. The number of fused-ring (bicyclic) bond motifs is 2. The second kappa shape index (κ2) is 9.61. The Morgan fingerprint density at radius 1 is 1.11 bits per heavy atom. The maximum Gasteiger partial charge on any atom is 0.338 e. The lowest BCUT2D eigenvalue weighted by atomic mass is 9.91. The zero-order valence-corrected chi connectivity index (χ0v) is 19.2. The Morgan fingerprint density at radius 3 is 2.57 bits per heavy atom. The molecule has 1 unspecified atom stereocenters. The van der Waals surface area contributed by atoms with Crippen molar-refractivity contribution < 1.29 is 23.7 Å². The third-order valence-electron chi connectivity index (χ3n) is 6.39. The molecule has 182 valence electrons. The van der Waals surface area contributed by atoms with E-state index < -0.39 is 41.3 Å². The number of ether oxygens (including phenoxy) is 4. The molecule has 35 heavy (non-hydrogen) atoms. The molecule has 0 radical (unpaired) electrons. The summed E-state index contributed by atoms with van der Waals surface area (Å²) >= 11 is 0. The van der Waals surface area contributed by atoms with Crippen LogP contribution < -0.4 is 11.2 Å². The number of rotatable bonds is 7. The molecule has 0 saturated carbocycles. The fourth-order valence-electron chi connectivity index (χ4n) is 4.56. The monoisotopic (exact) mass is 478 g/mol. The zero-order chi connectivity index (χ0) is 24.4. The summed E-state index contributed by atoms with van der Waals surface area (Å²) in [5.74, 6) is -0.493. The van der Waals surface area contributed by atoms with E-state index in [1.54, 1.807) is 31.2 Å². The molecule has 4 atom stereocenters. The Hall–Kier alpha value is -3.53. The Labute approximate surface area is 201 Å². The Bertz CT molecular complexity index is 1300. The van der Waals surface area contributed by atoms with E-state index in [1.165, 1.54) is 10.8 Å². The van der Waals surface area contributed by atoms with Crippen molar-refractivity contribution in [3.63, 3.8) is 0 Å². The van der Waals surface area contributed by atoms with Gasteiger partial charge in [-0.05, 0) is 24.6 Å². The number of nitrogens with zero attached hydrogens (tertiary/aromatic N) is 1. The number of benzene rings is 2. The van der Waals surface area contributed by atoms with Crippen LogP contribution in [-0.2, 0) is 25.6 Å². The number of carbonyl (C=O) groups excluding carboxylic acids is 1. The largest absolute Gasteiger partial charge is 0.459 e. The van der Waals surface area contributed by atoms with Crippen LogP contribution in [0.4, 0.5) is 0 Å². The summed E-state index contributed by atoms with van der Waals surface area (Å²) in [5.41, 5.74) is -0.370. The van der Waals surface area contributed by atoms with Crippen molar-refractivity contribution in [3.8, 4) is 0 Å². The smallest absolute Gasteiger partial charge is 0.338 e. The number of aromatic nitrogens is 2. The molecule has 1 aromatic heterocycles. The van der Waals surface area contributed by atoms with Gasteiger partial charge < -0.3 is 18.9 Å². The predicted octanol–water partition coefficient (Wildman–Crippen LogP) is 2.34. The molecule has 9 nitrogen and oxygen atoms in total. The minimum Gasteiger partial charge on any atom is -0.459 e. The van der Waals surface area contributed by atoms with Crippen molar-refractivity contribution in [2.24, 2.45) is 0 Å². The van der Waals surface area contributed by atoms with Crippen LogP contribution in [0, 0.1) is 6.92 Å². The lowest BCUT2D eigenvalue weighted by Crippen LogP contribution is -2.57. The summed E-state index contributed by atoms with van der Waals surface area (Å²) in [5, 5.41) is 0. The number of aromatic amines is 1. The molecule has 1 N–H and O–H groups in total. The molecule has 9 heteroatoms. The number of nitrogens with one attached hydrogen (secondary N) is 1. The molecule has 0 amide bonds. The van der Waals surface area contributed by atoms with Gasteiger partial charge in [0.2, 0.25) is 0 Å². The molecular weight excluding hydrogens is 452 g/mol. The fourth-order valence-corrected chi connectivity index (χ4v) is 4.56. The van der Waals surface area contributed by atoms with Crippen molar-refractivity contribution in [1.82, 2.24) is 9.55 Å². The summed E-state index contributed by atoms with van der Waals surface area (Å²) in [6, 6.07) is 18.4. The molecule has 2 aromatic carbocycles. The first-order valence-electron chi connectivity index (χ1n) is 11.4. The first-order chi connectivity index (χ1) is 16.9. The average Bonchev–Trinajstić information content (AvgIpc) is 3.08. The quantitative estimate of drug-likeness (QED) is 0.519. The van der Waals surface area contributed by atoms with E-state index in [0.29, 0.717) is 24.2 Å². The van der Waals surface area contributed by atoms with Crippen molar-refractivity contribution in [2.45, 2.75) is 44.0 Å². The van der Waals surface area contributed by atoms with Crippen LogP contribution in [-0.4, -0.2) is 46.5 Å². The number of hydrogen-bond acceptors (Lipinski definition) is 7. The molecule has 5 rings (SSSR count). The number of aryl methyl sites for hydroxylation is 1. The lowest BCUT2D eigenvalue weighted by Gasteiger charge is -2.42. The molecule has 2 fully saturated rings. The number of carbonyl (C=O) groups is 1. The number of hydrogen-bond donors (Lipinski definition) is 1. The predicted molar refractivity (Wildman–Crippen MR) is 125 cm³/mol. The van der Waals surface area contributed by atoms with E-state index in [0.717, 1.165) is 5.56 Å². The van der Waals surface area contributed by atoms with Gasteiger partial charge in [-0.25, -0.2) is 9.59 Å². The normalized spacial score (nSPS) is 25.3. The van der Waals surface area contributed by atoms with Gasteiger partial charge in [0.1, 0.15) is 18.9 Å². The van der Waals surface area contributed by atoms with Gasteiger partial charge in [0, 0.05) is 18.2 Å². The van der Waals surface area contributed by atoms with Crippen LogP contribution in [0.3, 0.4) is 0 Å². The summed E-state index contributed by atoms with van der Waals surface area (Å²) in [7, 11) is 0. The lowest BCUT2D eigenvalue weighted by molar-refractivity contribution is -0.224. The SMILES string of the molecule is Cc1cn([C@H]2CC3OC[C@](COC(=O)c4ccccc4)(O2)[C@H]3OCc2ccccc2)c(=O)[nH]c1=O. The molecule has 0 aliphatic carbocycles. The van der Waals surface area contributed by atoms with Crippen molar-refractivity contribution in [1.29, 1.82) is 0 Å². The standard InChI is InChI=1S/C26H26N2O7/c1-17-13-28(25(31)27-23(17)29)21-12-20-22(32-14-18-8-4-2-5-9-18)26(35-21,15-33-20)16-34-24(30)19-10-6-3-7-11-19/h2-11,13,20-22H,12,14-16H2,1H3,(H,27,29,31)/t20?,21-,22+,26-/m1/s1. The topological polar surface area (TPSA) is 109 Å². The second-order valence-electron chi connectivity index (χ2n) is 8.86. The van der Waals surface area contributed by atoms with Crippen LogP contribution in [0.25, 0.3) is 0 Å². The summed E-state index contributed by atoms with van der Waals surface area (Å²) in [6.45, 7) is 1.95. The van der Waals surface area contributed by atoms with Gasteiger partial charge in [-0.2, -0.15) is 0 Å². The number of esters is 1. The highest BCUT2D eigenvalue weighted by atomic mass is 16.6. The van der Waals surface area contributed by atoms with Crippen molar-refractivity contribution >= 4 is 5.97 Å². The van der Waals surface area contributed by atoms with E-state index in [9.17, 15) is 14.4 Å². The zero-order valence-electron chi connectivity index (χ0n) is 19.2. The van der Waals surface area contributed by atoms with E-state index in [2.05, 4.69) is 4.98 Å². The van der Waals surface area contributed by atoms with E-state index in [4.69, 9.17) is 18.9 Å². The minimum atomic E-state index is -1.13. The van der Waals surface area contributed by atoms with E-state index >= 15 is 0 Å². The summed E-state index contributed by atoms with van der Waals surface area (Å²) < 4.78 is 25.7. The molecule has 3 heterocycles. The molecule has 2 aliphatic rings. The van der Waals surface area contributed by atoms with Crippen LogP contribution >= 0.6 is 0 Å². The van der Waals surface area contributed by atoms with Gasteiger partial charge in [0.15, 0.2) is 5.60 Å². The minimum absolute atomic E-state index is 0.121. The molecule has 0 spiro atoms. The van der Waals surface area contributed by atoms with Gasteiger partial charge in [-0.1, -0.05) is 48.5 Å². The number of H-pyrrole nitrogens is 1. The molecule has 2 aliphatic heterocycles. The highest BCUT2D eigenvalue weighted by Crippen LogP contribution is 2.43. The van der Waals surface area contributed by atoms with Gasteiger partial charge in [-0.3, -0.25) is 14.3 Å². The average molecular weight is 479 g/mol. The maximum absolute atomic E-state index is 12.7. The maximum atomic E-state index is 12.7. The first-order valence-corrected chi connectivity index (χ1v) is 11.4. The van der Waals surface area contributed by atoms with Crippen LogP contribution in [0.2, 0.25) is 0 Å². The molecule has 2 bridgehead atoms. The van der Waals surface area contributed by atoms with Gasteiger partial charge >= 0.3 is 11.7 Å². The highest BCUT2D eigenvalue weighted by Gasteiger charge is 2.58. The van der Waals surface area contributed by atoms with Crippen LogP contribution in [0.15, 0.2) is 76.4 Å². The third kappa shape index (κ3) is 4.70. The Balaban J connectivity index is 1.41. The molecule has 2 saturated heterocycles. The fraction of sp³-hybridized carbons (Fsp3) is 0.346. The van der Waals surface area contributed by atoms with E-state index in [-0.39, 0.29) is 13.2 Å². The van der Waals surface area contributed by atoms with Crippen LogP contribution in [0.5, 0.6) is 0 Å². The molecular formula is C26H26N2O7. The third-order valence-corrected chi connectivity index (χ3v) is 6.39. The van der Waals surface area contributed by atoms with Crippen molar-refractivity contribution in [2.75, 3.05) is 13.2 Å². The molecule has 3 aromatic rings. The van der Waals surface area contributed by atoms with Gasteiger partial charge in [0.05, 0.1) is 24.9 Å². The Morgan fingerprint density at radius 2 is 1.83 bits per heavy atom. The second-order valence-corrected chi connectivity index (χ2v) is 8.86. The Kier molecular flexibility index (Phi) is 6.38. The van der Waals surface area contributed by atoms with Crippen molar-refractivity contribution in [3.05, 3.63) is 104 Å². The highest BCUT2D eigenvalue weighted by molar-refractivity contribution is 5.89.